The molecule has 1 aromatic heterocycles. The maximum Gasteiger partial charge on any atom is 0.311 e. The van der Waals surface area contributed by atoms with Gasteiger partial charge in [0, 0.05) is 22.1 Å². The summed E-state index contributed by atoms with van der Waals surface area (Å²) in [4.78, 5) is 28.6. The molecule has 2 aromatic carbocycles. The van der Waals surface area contributed by atoms with Crippen molar-refractivity contribution in [2.24, 2.45) is 0 Å². The minimum Gasteiger partial charge on any atom is -0.490 e. The fourth-order valence-corrected chi connectivity index (χ4v) is 3.58. The van der Waals surface area contributed by atoms with E-state index in [1.165, 1.54) is 47.8 Å². The molecule has 7 nitrogen and oxygen atoms in total. The van der Waals surface area contributed by atoms with E-state index in [0.29, 0.717) is 5.13 Å². The van der Waals surface area contributed by atoms with Crippen LogP contribution >= 0.6 is 11.3 Å². The Bertz CT molecular complexity index is 1080. The smallest absolute Gasteiger partial charge is 0.311 e. The first-order chi connectivity index (χ1) is 13.3. The molecule has 0 fully saturated rings. The van der Waals surface area contributed by atoms with E-state index in [4.69, 9.17) is 4.74 Å². The highest BCUT2D eigenvalue weighted by atomic mass is 32.1. The third kappa shape index (κ3) is 3.86. The lowest BCUT2D eigenvalue weighted by Crippen LogP contribution is -2.12. The van der Waals surface area contributed by atoms with E-state index in [0.717, 1.165) is 16.1 Å². The van der Waals surface area contributed by atoms with E-state index in [1.54, 1.807) is 0 Å². The second kappa shape index (κ2) is 7.77. The third-order valence-electron chi connectivity index (χ3n) is 4.44. The Kier molecular flexibility index (Phi) is 5.41. The quantitative estimate of drug-likeness (QED) is 0.488. The van der Waals surface area contributed by atoms with Gasteiger partial charge in [0.1, 0.15) is 0 Å². The molecule has 0 bridgehead atoms. The van der Waals surface area contributed by atoms with Crippen molar-refractivity contribution in [3.63, 3.8) is 0 Å². The van der Waals surface area contributed by atoms with Crippen LogP contribution in [0.4, 0.5) is 10.8 Å². The second-order valence-electron chi connectivity index (χ2n) is 6.32. The number of thiazole rings is 1. The number of benzene rings is 2. The largest absolute Gasteiger partial charge is 0.490 e. The molecule has 0 atom stereocenters. The predicted molar refractivity (Wildman–Crippen MR) is 109 cm³/mol. The van der Waals surface area contributed by atoms with Gasteiger partial charge in [0.2, 0.25) is 0 Å². The number of nitrogens with zero attached hydrogens (tertiary/aromatic N) is 2. The molecule has 0 aliphatic heterocycles. The number of hydrogen-bond donors (Lipinski definition) is 1. The van der Waals surface area contributed by atoms with Crippen LogP contribution in [-0.2, 0) is 0 Å². The summed E-state index contributed by atoms with van der Waals surface area (Å²) in [5.74, 6) is -0.366. The molecule has 0 aliphatic rings. The fraction of sp³-hybridized carbons (Fsp3) is 0.200. The van der Waals surface area contributed by atoms with Gasteiger partial charge in [0.25, 0.3) is 5.91 Å². The third-order valence-corrected chi connectivity index (χ3v) is 5.32. The Labute approximate surface area is 166 Å². The van der Waals surface area contributed by atoms with Gasteiger partial charge in [-0.05, 0) is 50.1 Å². The zero-order valence-electron chi connectivity index (χ0n) is 15.9. The average molecular weight is 397 g/mol. The summed E-state index contributed by atoms with van der Waals surface area (Å²) in [5, 5.41) is 14.3. The summed E-state index contributed by atoms with van der Waals surface area (Å²) in [6, 6.07) is 10.2. The summed E-state index contributed by atoms with van der Waals surface area (Å²) in [5.41, 5.74) is 4.06. The van der Waals surface area contributed by atoms with Crippen LogP contribution in [0, 0.1) is 30.9 Å². The average Bonchev–Trinajstić information content (AvgIpc) is 3.03. The van der Waals surface area contributed by atoms with Crippen molar-refractivity contribution in [1.82, 2.24) is 4.98 Å². The van der Waals surface area contributed by atoms with Gasteiger partial charge in [-0.1, -0.05) is 12.1 Å². The number of ether oxygens (including phenoxy) is 1. The van der Waals surface area contributed by atoms with Crippen molar-refractivity contribution >= 4 is 28.1 Å². The van der Waals surface area contributed by atoms with Crippen molar-refractivity contribution in [3.05, 3.63) is 68.1 Å². The number of carbonyl (C=O) groups is 1. The van der Waals surface area contributed by atoms with E-state index >= 15 is 0 Å². The molecule has 3 rings (SSSR count). The molecular formula is C20H19N3O4S. The van der Waals surface area contributed by atoms with Crippen molar-refractivity contribution in [2.45, 2.75) is 20.8 Å². The molecule has 0 saturated carbocycles. The summed E-state index contributed by atoms with van der Waals surface area (Å²) in [6.45, 7) is 6.03. The van der Waals surface area contributed by atoms with Crippen LogP contribution in [0.2, 0.25) is 0 Å². The number of nitro groups is 1. The second-order valence-corrected chi connectivity index (χ2v) is 7.52. The van der Waals surface area contributed by atoms with Crippen LogP contribution in [0.25, 0.3) is 11.3 Å². The van der Waals surface area contributed by atoms with Gasteiger partial charge in [-0.15, -0.1) is 11.3 Å². The number of amides is 1. The topological polar surface area (TPSA) is 94.4 Å². The van der Waals surface area contributed by atoms with Crippen molar-refractivity contribution in [3.8, 4) is 17.0 Å². The molecule has 1 N–H and O–H groups in total. The summed E-state index contributed by atoms with van der Waals surface area (Å²) >= 11 is 1.36. The van der Waals surface area contributed by atoms with Gasteiger partial charge in [-0.25, -0.2) is 4.98 Å². The molecule has 0 radical (unpaired) electrons. The van der Waals surface area contributed by atoms with E-state index in [-0.39, 0.29) is 17.0 Å². The van der Waals surface area contributed by atoms with E-state index in [2.05, 4.69) is 16.4 Å². The number of aryl methyl sites for hydroxylation is 3. The molecule has 1 heterocycles. The maximum atomic E-state index is 12.5. The lowest BCUT2D eigenvalue weighted by Gasteiger charge is -2.05. The predicted octanol–water partition coefficient (Wildman–Crippen LogP) is 4.90. The van der Waals surface area contributed by atoms with Gasteiger partial charge in [0.15, 0.2) is 10.9 Å². The van der Waals surface area contributed by atoms with Gasteiger partial charge in [-0.3, -0.25) is 20.2 Å². The number of anilines is 1. The van der Waals surface area contributed by atoms with Crippen LogP contribution in [0.3, 0.4) is 0 Å². The van der Waals surface area contributed by atoms with Crippen LogP contribution in [0.1, 0.15) is 26.4 Å². The molecule has 28 heavy (non-hydrogen) atoms. The zero-order valence-corrected chi connectivity index (χ0v) is 16.7. The van der Waals surface area contributed by atoms with Crippen molar-refractivity contribution in [2.75, 3.05) is 12.4 Å². The summed E-state index contributed by atoms with van der Waals surface area (Å²) < 4.78 is 4.96. The number of hydrogen-bond acceptors (Lipinski definition) is 6. The van der Waals surface area contributed by atoms with Crippen molar-refractivity contribution < 1.29 is 14.5 Å². The molecule has 0 spiro atoms. The molecule has 144 valence electrons. The normalized spacial score (nSPS) is 10.6. The molecular weight excluding hydrogens is 378 g/mol. The Morgan fingerprint density at radius 3 is 2.54 bits per heavy atom. The summed E-state index contributed by atoms with van der Waals surface area (Å²) in [6.07, 6.45) is 0. The zero-order chi connectivity index (χ0) is 20.4. The molecule has 0 saturated heterocycles. The van der Waals surface area contributed by atoms with Crippen LogP contribution in [0.15, 0.2) is 36.4 Å². The molecule has 0 aliphatic carbocycles. The SMILES string of the molecule is COc1ccc(C(=O)Nc2nc(-c3ccc(C)c(C)c3)c(C)s2)cc1[N+](=O)[O-]. The molecule has 1 amide bonds. The summed E-state index contributed by atoms with van der Waals surface area (Å²) in [7, 11) is 1.34. The highest BCUT2D eigenvalue weighted by Crippen LogP contribution is 2.32. The first kappa shape index (κ1) is 19.5. The van der Waals surface area contributed by atoms with Crippen LogP contribution in [-0.4, -0.2) is 22.9 Å². The first-order valence-electron chi connectivity index (χ1n) is 8.49. The highest BCUT2D eigenvalue weighted by molar-refractivity contribution is 7.16. The molecule has 3 aromatic rings. The number of rotatable bonds is 5. The Morgan fingerprint density at radius 2 is 1.89 bits per heavy atom. The number of aromatic nitrogens is 1. The fourth-order valence-electron chi connectivity index (χ4n) is 2.75. The minimum atomic E-state index is -0.582. The van der Waals surface area contributed by atoms with E-state index in [1.807, 2.05) is 32.9 Å². The Morgan fingerprint density at radius 1 is 1.14 bits per heavy atom. The van der Waals surface area contributed by atoms with Crippen LogP contribution in [0.5, 0.6) is 5.75 Å². The monoisotopic (exact) mass is 397 g/mol. The number of methoxy groups -OCH3 is 1. The molecule has 8 heteroatoms. The number of nitrogens with one attached hydrogen (secondary N) is 1. The Hall–Kier alpha value is -3.26. The van der Waals surface area contributed by atoms with Gasteiger partial charge >= 0.3 is 5.69 Å². The van der Waals surface area contributed by atoms with Gasteiger partial charge < -0.3 is 4.74 Å². The van der Waals surface area contributed by atoms with Crippen LogP contribution < -0.4 is 10.1 Å². The van der Waals surface area contributed by atoms with Crippen molar-refractivity contribution in [1.29, 1.82) is 0 Å². The lowest BCUT2D eigenvalue weighted by atomic mass is 10.0. The minimum absolute atomic E-state index is 0.101. The number of nitro benzene ring substituents is 1. The van der Waals surface area contributed by atoms with Gasteiger partial charge in [0.05, 0.1) is 17.7 Å². The van der Waals surface area contributed by atoms with Gasteiger partial charge in [-0.2, -0.15) is 0 Å². The lowest BCUT2D eigenvalue weighted by molar-refractivity contribution is -0.385. The van der Waals surface area contributed by atoms with E-state index < -0.39 is 10.8 Å². The van der Waals surface area contributed by atoms with E-state index in [9.17, 15) is 14.9 Å². The highest BCUT2D eigenvalue weighted by Gasteiger charge is 2.19. The standard InChI is InChI=1S/C20H19N3O4S/c1-11-5-6-14(9-12(11)2)18-13(3)28-20(21-18)22-19(24)15-7-8-17(27-4)16(10-15)23(25)26/h5-10H,1-4H3,(H,21,22,24). The molecule has 0 unspecified atom stereocenters. The number of carbonyl (C=O) groups excluding carboxylic acids is 1. The maximum absolute atomic E-state index is 12.5. The Balaban J connectivity index is 1.86. The first-order valence-corrected chi connectivity index (χ1v) is 9.30.